The van der Waals surface area contributed by atoms with Gasteiger partial charge < -0.3 is 15.2 Å². The van der Waals surface area contributed by atoms with Crippen LogP contribution in [0, 0.1) is 6.92 Å². The number of ether oxygens (including phenoxy) is 1. The molecule has 0 spiro atoms. The first-order valence-electron chi connectivity index (χ1n) is 11.8. The maximum atomic E-state index is 11.7. The Morgan fingerprint density at radius 3 is 2.57 bits per heavy atom. The van der Waals surface area contributed by atoms with Crippen molar-refractivity contribution in [3.63, 3.8) is 0 Å². The molecule has 1 atom stereocenters. The van der Waals surface area contributed by atoms with Gasteiger partial charge in [-0.2, -0.15) is 0 Å². The molecule has 0 aliphatic rings. The van der Waals surface area contributed by atoms with Gasteiger partial charge in [-0.1, -0.05) is 60.7 Å². The molecule has 0 fully saturated rings. The van der Waals surface area contributed by atoms with Crippen molar-refractivity contribution in [3.8, 4) is 16.9 Å². The van der Waals surface area contributed by atoms with Crippen LogP contribution in [0.1, 0.15) is 46.9 Å². The maximum Gasteiger partial charge on any atom is 0.335 e. The van der Waals surface area contributed by atoms with E-state index >= 15 is 0 Å². The Balaban J connectivity index is 0.00000342. The summed E-state index contributed by atoms with van der Waals surface area (Å²) in [6.07, 6.45) is 0.866. The summed E-state index contributed by atoms with van der Waals surface area (Å²) in [5.41, 5.74) is 5.52. The minimum absolute atomic E-state index is 0. The highest BCUT2D eigenvalue weighted by Gasteiger charge is 2.12. The third kappa shape index (κ3) is 6.21. The Kier molecular flexibility index (Phi) is 8.91. The second-order valence-electron chi connectivity index (χ2n) is 8.63. The van der Waals surface area contributed by atoms with E-state index in [1.54, 1.807) is 6.07 Å². The second kappa shape index (κ2) is 11.9. The quantitative estimate of drug-likeness (QED) is 0.260. The van der Waals surface area contributed by atoms with Gasteiger partial charge in [-0.05, 0) is 90.5 Å². The molecule has 0 aliphatic heterocycles. The molecule has 0 saturated heterocycles. The highest BCUT2D eigenvalue weighted by Crippen LogP contribution is 2.32. The molecule has 0 aromatic heterocycles. The van der Waals surface area contributed by atoms with Crippen molar-refractivity contribution in [2.24, 2.45) is 0 Å². The topological polar surface area (TPSA) is 58.6 Å². The molecule has 0 bridgehead atoms. The molecule has 0 heterocycles. The SMILES string of the molecule is CCOc1cccc([C@@H](C)NCCc2cc(-c3ccc(C)c(C(=O)O)c3)c3ccccc3c2)c1.Cl. The lowest BCUT2D eigenvalue weighted by atomic mass is 9.92. The largest absolute Gasteiger partial charge is 0.494 e. The Morgan fingerprint density at radius 2 is 1.80 bits per heavy atom. The molecule has 4 aromatic carbocycles. The van der Waals surface area contributed by atoms with Gasteiger partial charge in [0, 0.05) is 6.04 Å². The van der Waals surface area contributed by atoms with Gasteiger partial charge in [0.05, 0.1) is 12.2 Å². The summed E-state index contributed by atoms with van der Waals surface area (Å²) in [5, 5.41) is 15.5. The fourth-order valence-corrected chi connectivity index (χ4v) is 4.37. The zero-order chi connectivity index (χ0) is 24.1. The predicted molar refractivity (Wildman–Crippen MR) is 146 cm³/mol. The summed E-state index contributed by atoms with van der Waals surface area (Å²) < 4.78 is 5.63. The summed E-state index contributed by atoms with van der Waals surface area (Å²) in [5.74, 6) is -0.00180. The molecule has 0 amide bonds. The van der Waals surface area contributed by atoms with Crippen molar-refractivity contribution in [2.45, 2.75) is 33.2 Å². The van der Waals surface area contributed by atoms with E-state index in [0.29, 0.717) is 12.2 Å². The number of halogens is 1. The molecule has 0 unspecified atom stereocenters. The van der Waals surface area contributed by atoms with Crippen LogP contribution >= 0.6 is 12.4 Å². The minimum atomic E-state index is -0.897. The number of hydrogen-bond acceptors (Lipinski definition) is 3. The monoisotopic (exact) mass is 489 g/mol. The van der Waals surface area contributed by atoms with Crippen LogP contribution in [0.15, 0.2) is 78.9 Å². The first-order valence-corrected chi connectivity index (χ1v) is 11.8. The van der Waals surface area contributed by atoms with E-state index in [9.17, 15) is 9.90 Å². The van der Waals surface area contributed by atoms with Crippen LogP contribution in [-0.4, -0.2) is 24.2 Å². The number of rotatable bonds is 9. The fraction of sp³-hybridized carbons (Fsp3) is 0.233. The molecule has 182 valence electrons. The van der Waals surface area contributed by atoms with Gasteiger partial charge in [0.1, 0.15) is 5.75 Å². The molecule has 0 saturated carbocycles. The Labute approximate surface area is 213 Å². The zero-order valence-electron chi connectivity index (χ0n) is 20.4. The van der Waals surface area contributed by atoms with Crippen molar-refractivity contribution < 1.29 is 14.6 Å². The van der Waals surface area contributed by atoms with Crippen LogP contribution in [0.4, 0.5) is 0 Å². The van der Waals surface area contributed by atoms with Crippen LogP contribution in [0.25, 0.3) is 21.9 Å². The second-order valence-corrected chi connectivity index (χ2v) is 8.63. The van der Waals surface area contributed by atoms with E-state index in [1.807, 2.05) is 50.2 Å². The van der Waals surface area contributed by atoms with Crippen molar-refractivity contribution in [2.75, 3.05) is 13.2 Å². The highest BCUT2D eigenvalue weighted by atomic mass is 35.5. The summed E-state index contributed by atoms with van der Waals surface area (Å²) >= 11 is 0. The van der Waals surface area contributed by atoms with Crippen LogP contribution in [0.2, 0.25) is 0 Å². The van der Waals surface area contributed by atoms with Crippen molar-refractivity contribution in [1.82, 2.24) is 5.32 Å². The average Bonchev–Trinajstić information content (AvgIpc) is 2.84. The molecule has 0 radical (unpaired) electrons. The van der Waals surface area contributed by atoms with E-state index in [-0.39, 0.29) is 18.4 Å². The Bertz CT molecular complexity index is 1320. The number of aryl methyl sites for hydroxylation is 1. The lowest BCUT2D eigenvalue weighted by Gasteiger charge is -2.16. The standard InChI is InChI=1S/C30H31NO3.ClH/c1-4-34-26-10-7-9-23(18-26)21(3)31-15-14-22-16-24-8-5-6-11-27(24)29(17-22)25-13-12-20(2)28(19-25)30(32)33;/h5-13,16-19,21,31H,4,14-15H2,1-3H3,(H,32,33);1H/t21-;/m1./s1. The van der Waals surface area contributed by atoms with Crippen LogP contribution in [0.5, 0.6) is 5.75 Å². The first kappa shape index (κ1) is 26.3. The lowest BCUT2D eigenvalue weighted by molar-refractivity contribution is 0.0696. The van der Waals surface area contributed by atoms with Crippen molar-refractivity contribution in [3.05, 3.63) is 101 Å². The summed E-state index contributed by atoms with van der Waals surface area (Å²) in [4.78, 5) is 11.7. The number of nitrogens with one attached hydrogen (secondary N) is 1. The number of carbonyl (C=O) groups is 1. The molecular weight excluding hydrogens is 458 g/mol. The number of benzene rings is 4. The molecule has 2 N–H and O–H groups in total. The highest BCUT2D eigenvalue weighted by molar-refractivity contribution is 5.99. The molecule has 4 rings (SSSR count). The van der Waals surface area contributed by atoms with Crippen LogP contribution in [-0.2, 0) is 6.42 Å². The third-order valence-electron chi connectivity index (χ3n) is 6.23. The smallest absolute Gasteiger partial charge is 0.335 e. The summed E-state index contributed by atoms with van der Waals surface area (Å²) in [6, 6.07) is 26.8. The van der Waals surface area contributed by atoms with Gasteiger partial charge in [-0.15, -0.1) is 12.4 Å². The Hall–Kier alpha value is -3.34. The van der Waals surface area contributed by atoms with E-state index in [4.69, 9.17) is 4.74 Å². The molecule has 4 nitrogen and oxygen atoms in total. The van der Waals surface area contributed by atoms with Crippen molar-refractivity contribution >= 4 is 29.1 Å². The summed E-state index contributed by atoms with van der Waals surface area (Å²) in [6.45, 7) is 7.47. The van der Waals surface area contributed by atoms with Crippen LogP contribution < -0.4 is 10.1 Å². The first-order chi connectivity index (χ1) is 16.5. The number of carboxylic acid groups (broad SMARTS) is 1. The molecule has 0 aliphatic carbocycles. The molecular formula is C30H32ClNO3. The van der Waals surface area contributed by atoms with E-state index in [1.165, 1.54) is 11.1 Å². The summed E-state index contributed by atoms with van der Waals surface area (Å²) in [7, 11) is 0. The maximum absolute atomic E-state index is 11.7. The number of aromatic carboxylic acids is 1. The van der Waals surface area contributed by atoms with Gasteiger partial charge >= 0.3 is 5.97 Å². The number of hydrogen-bond donors (Lipinski definition) is 2. The minimum Gasteiger partial charge on any atom is -0.494 e. The van der Waals surface area contributed by atoms with E-state index < -0.39 is 5.97 Å². The number of carboxylic acids is 1. The van der Waals surface area contributed by atoms with Crippen LogP contribution in [0.3, 0.4) is 0 Å². The third-order valence-corrected chi connectivity index (χ3v) is 6.23. The van der Waals surface area contributed by atoms with E-state index in [0.717, 1.165) is 46.2 Å². The normalized spacial score (nSPS) is 11.6. The van der Waals surface area contributed by atoms with Gasteiger partial charge in [0.25, 0.3) is 0 Å². The molecule has 4 aromatic rings. The lowest BCUT2D eigenvalue weighted by Crippen LogP contribution is -2.21. The van der Waals surface area contributed by atoms with Crippen molar-refractivity contribution in [1.29, 1.82) is 0 Å². The Morgan fingerprint density at radius 1 is 1.00 bits per heavy atom. The molecule has 35 heavy (non-hydrogen) atoms. The predicted octanol–water partition coefficient (Wildman–Crippen LogP) is 7.23. The average molecular weight is 490 g/mol. The van der Waals surface area contributed by atoms with E-state index in [2.05, 4.69) is 48.6 Å². The van der Waals surface area contributed by atoms with Gasteiger partial charge in [-0.3, -0.25) is 0 Å². The fourth-order valence-electron chi connectivity index (χ4n) is 4.37. The van der Waals surface area contributed by atoms with Gasteiger partial charge in [-0.25, -0.2) is 4.79 Å². The zero-order valence-corrected chi connectivity index (χ0v) is 21.2. The number of fused-ring (bicyclic) bond motifs is 1. The molecule has 5 heteroatoms. The van der Waals surface area contributed by atoms with Gasteiger partial charge in [0.2, 0.25) is 0 Å². The van der Waals surface area contributed by atoms with Gasteiger partial charge in [0.15, 0.2) is 0 Å².